The molecule has 2 aromatic rings. The Kier molecular flexibility index (Phi) is 4.92. The number of rotatable bonds is 3. The van der Waals surface area contributed by atoms with Crippen molar-refractivity contribution in [3.63, 3.8) is 0 Å². The van der Waals surface area contributed by atoms with E-state index in [-0.39, 0.29) is 5.91 Å². The van der Waals surface area contributed by atoms with Gasteiger partial charge in [-0.2, -0.15) is 0 Å². The van der Waals surface area contributed by atoms with Crippen LogP contribution in [0.4, 0.5) is 5.69 Å². The van der Waals surface area contributed by atoms with Crippen LogP contribution in [0.2, 0.25) is 0 Å². The van der Waals surface area contributed by atoms with Gasteiger partial charge in [-0.3, -0.25) is 9.69 Å². The second kappa shape index (κ2) is 7.35. The summed E-state index contributed by atoms with van der Waals surface area (Å²) in [5.74, 6) is 0.172. The van der Waals surface area contributed by atoms with Gasteiger partial charge in [-0.1, -0.05) is 24.3 Å². The highest BCUT2D eigenvalue weighted by atomic mass is 16.2. The zero-order valence-electron chi connectivity index (χ0n) is 16.6. The molecule has 4 rings (SSSR count). The topological polar surface area (TPSA) is 26.8 Å². The van der Waals surface area contributed by atoms with Crippen molar-refractivity contribution < 1.29 is 4.79 Å². The fraction of sp³-hybridized carbons (Fsp3) is 0.435. The van der Waals surface area contributed by atoms with Gasteiger partial charge in [-0.15, -0.1) is 0 Å². The second-order valence-electron chi connectivity index (χ2n) is 8.11. The van der Waals surface area contributed by atoms with Gasteiger partial charge in [-0.05, 0) is 61.7 Å². The fourth-order valence-electron chi connectivity index (χ4n) is 4.43. The number of amides is 1. The van der Waals surface area contributed by atoms with Crippen LogP contribution in [0, 0.1) is 0 Å². The van der Waals surface area contributed by atoms with E-state index in [4.69, 9.17) is 0 Å². The largest absolute Gasteiger partial charge is 0.378 e. The quantitative estimate of drug-likeness (QED) is 0.831. The summed E-state index contributed by atoms with van der Waals surface area (Å²) in [4.78, 5) is 19.6. The third-order valence-electron chi connectivity index (χ3n) is 6.28. The van der Waals surface area contributed by atoms with Crippen LogP contribution >= 0.6 is 0 Å². The van der Waals surface area contributed by atoms with Crippen molar-refractivity contribution in [2.24, 2.45) is 0 Å². The van der Waals surface area contributed by atoms with Crippen LogP contribution in [0.5, 0.6) is 0 Å². The summed E-state index contributed by atoms with van der Waals surface area (Å²) in [6, 6.07) is 17.8. The summed E-state index contributed by atoms with van der Waals surface area (Å²) in [6.45, 7) is 1.73. The van der Waals surface area contributed by atoms with Crippen LogP contribution in [0.1, 0.15) is 29.6 Å². The molecule has 0 aliphatic carbocycles. The standard InChI is InChI=1S/C23H29N3O/c1-24(2)20-10-8-18(9-11-20)17-4-6-19(7-5-17)23(27)26-15-14-21-12-13-22(16-26)25(21)3/h4-11,21-22H,12-16H2,1-3H3/t21-,22+/m0/s1. The molecule has 4 heteroatoms. The zero-order chi connectivity index (χ0) is 19.0. The molecule has 2 heterocycles. The molecule has 0 radical (unpaired) electrons. The van der Waals surface area contributed by atoms with Gasteiger partial charge in [0.05, 0.1) is 0 Å². The number of fused-ring (bicyclic) bond motifs is 2. The average molecular weight is 364 g/mol. The van der Waals surface area contributed by atoms with E-state index in [1.54, 1.807) is 0 Å². The number of anilines is 1. The minimum atomic E-state index is 0.172. The van der Waals surface area contributed by atoms with Crippen LogP contribution in [0.3, 0.4) is 0 Å². The van der Waals surface area contributed by atoms with Gasteiger partial charge in [0.1, 0.15) is 0 Å². The molecule has 27 heavy (non-hydrogen) atoms. The van der Waals surface area contributed by atoms with Crippen LogP contribution in [-0.4, -0.2) is 62.0 Å². The van der Waals surface area contributed by atoms with Crippen molar-refractivity contribution in [2.45, 2.75) is 31.3 Å². The Morgan fingerprint density at radius 1 is 0.889 bits per heavy atom. The minimum Gasteiger partial charge on any atom is -0.378 e. The first kappa shape index (κ1) is 18.1. The molecule has 0 saturated carbocycles. The Bertz CT molecular complexity index is 797. The first-order valence-electron chi connectivity index (χ1n) is 9.92. The van der Waals surface area contributed by atoms with Crippen LogP contribution in [0.15, 0.2) is 48.5 Å². The van der Waals surface area contributed by atoms with Gasteiger partial charge in [0.2, 0.25) is 0 Å². The first-order valence-corrected chi connectivity index (χ1v) is 9.92. The van der Waals surface area contributed by atoms with E-state index in [1.807, 2.05) is 26.2 Å². The molecule has 0 aromatic heterocycles. The predicted octanol–water partition coefficient (Wildman–Crippen LogP) is 3.73. The highest BCUT2D eigenvalue weighted by Gasteiger charge is 2.36. The van der Waals surface area contributed by atoms with Crippen LogP contribution in [0.25, 0.3) is 11.1 Å². The summed E-state index contributed by atoms with van der Waals surface area (Å²) in [6.07, 6.45) is 3.59. The van der Waals surface area contributed by atoms with Gasteiger partial charge in [0.25, 0.3) is 5.91 Å². The van der Waals surface area contributed by atoms with Crippen molar-refractivity contribution in [2.75, 3.05) is 39.1 Å². The Morgan fingerprint density at radius 3 is 2.11 bits per heavy atom. The number of hydrogen-bond donors (Lipinski definition) is 0. The summed E-state index contributed by atoms with van der Waals surface area (Å²) in [7, 11) is 6.30. The molecule has 4 nitrogen and oxygen atoms in total. The Hall–Kier alpha value is -2.33. The van der Waals surface area contributed by atoms with E-state index in [2.05, 4.69) is 58.1 Å². The van der Waals surface area contributed by atoms with Crippen molar-refractivity contribution >= 4 is 11.6 Å². The number of nitrogens with zero attached hydrogens (tertiary/aromatic N) is 3. The SMILES string of the molecule is CN(C)c1ccc(-c2ccc(C(=O)N3CC[C@@H]4CC[C@H](C3)N4C)cc2)cc1. The van der Waals surface area contributed by atoms with E-state index in [1.165, 1.54) is 24.1 Å². The number of hydrogen-bond acceptors (Lipinski definition) is 3. The van der Waals surface area contributed by atoms with Gasteiger partial charge in [0.15, 0.2) is 0 Å². The summed E-state index contributed by atoms with van der Waals surface area (Å²) in [5.41, 5.74) is 4.30. The molecule has 2 saturated heterocycles. The molecule has 142 valence electrons. The lowest BCUT2D eigenvalue weighted by Crippen LogP contribution is -2.39. The maximum atomic E-state index is 13.0. The molecule has 2 aliphatic heterocycles. The summed E-state index contributed by atoms with van der Waals surface area (Å²) in [5, 5.41) is 0. The number of carbonyl (C=O) groups is 1. The van der Waals surface area contributed by atoms with Gasteiger partial charge in [0, 0.05) is 50.5 Å². The summed E-state index contributed by atoms with van der Waals surface area (Å²) >= 11 is 0. The van der Waals surface area contributed by atoms with E-state index >= 15 is 0 Å². The average Bonchev–Trinajstić information content (AvgIpc) is 2.93. The van der Waals surface area contributed by atoms with E-state index in [0.29, 0.717) is 12.1 Å². The van der Waals surface area contributed by atoms with Crippen molar-refractivity contribution in [3.8, 4) is 11.1 Å². The zero-order valence-corrected chi connectivity index (χ0v) is 16.6. The monoisotopic (exact) mass is 363 g/mol. The molecule has 2 fully saturated rings. The molecule has 0 unspecified atom stereocenters. The number of carbonyl (C=O) groups excluding carboxylic acids is 1. The van der Waals surface area contributed by atoms with E-state index in [9.17, 15) is 4.79 Å². The molecule has 0 N–H and O–H groups in total. The molecule has 2 aromatic carbocycles. The van der Waals surface area contributed by atoms with Crippen molar-refractivity contribution in [1.29, 1.82) is 0 Å². The lowest BCUT2D eigenvalue weighted by Gasteiger charge is -2.26. The molecule has 1 amide bonds. The van der Waals surface area contributed by atoms with Gasteiger partial charge < -0.3 is 9.80 Å². The van der Waals surface area contributed by atoms with Crippen LogP contribution in [-0.2, 0) is 0 Å². The van der Waals surface area contributed by atoms with Crippen molar-refractivity contribution in [1.82, 2.24) is 9.80 Å². The minimum absolute atomic E-state index is 0.172. The third kappa shape index (κ3) is 3.59. The molecular weight excluding hydrogens is 334 g/mol. The number of likely N-dealkylation sites (tertiary alicyclic amines) is 1. The van der Waals surface area contributed by atoms with Gasteiger partial charge in [-0.25, -0.2) is 0 Å². The third-order valence-corrected chi connectivity index (χ3v) is 6.28. The predicted molar refractivity (Wildman–Crippen MR) is 111 cm³/mol. The molecule has 2 atom stereocenters. The Morgan fingerprint density at radius 2 is 1.48 bits per heavy atom. The molecule has 0 spiro atoms. The molecule has 2 aliphatic rings. The normalized spacial score (nSPS) is 22.6. The van der Waals surface area contributed by atoms with Gasteiger partial charge >= 0.3 is 0 Å². The summed E-state index contributed by atoms with van der Waals surface area (Å²) < 4.78 is 0. The number of benzene rings is 2. The lowest BCUT2D eigenvalue weighted by molar-refractivity contribution is 0.0740. The van der Waals surface area contributed by atoms with Crippen LogP contribution < -0.4 is 4.90 Å². The van der Waals surface area contributed by atoms with E-state index < -0.39 is 0 Å². The lowest BCUT2D eigenvalue weighted by atomic mass is 10.0. The second-order valence-corrected chi connectivity index (χ2v) is 8.11. The Labute approximate surface area is 162 Å². The number of likely N-dealkylation sites (N-methyl/N-ethyl adjacent to an activating group) is 1. The maximum absolute atomic E-state index is 13.0. The highest BCUT2D eigenvalue weighted by Crippen LogP contribution is 2.29. The highest BCUT2D eigenvalue weighted by molar-refractivity contribution is 5.94. The first-order chi connectivity index (χ1) is 13.0. The Balaban J connectivity index is 1.47. The molecular formula is C23H29N3O. The fourth-order valence-corrected chi connectivity index (χ4v) is 4.43. The van der Waals surface area contributed by atoms with Crippen molar-refractivity contribution in [3.05, 3.63) is 54.1 Å². The smallest absolute Gasteiger partial charge is 0.253 e. The van der Waals surface area contributed by atoms with E-state index in [0.717, 1.165) is 30.6 Å². The molecule has 2 bridgehead atoms. The maximum Gasteiger partial charge on any atom is 0.253 e.